The molecule has 1 saturated heterocycles. The van der Waals surface area contributed by atoms with Crippen molar-refractivity contribution in [2.75, 3.05) is 0 Å². The van der Waals surface area contributed by atoms with Crippen molar-refractivity contribution >= 4 is 7.12 Å². The molecule has 2 N–H and O–H groups in total. The predicted molar refractivity (Wildman–Crippen MR) is 74.2 cm³/mol. The van der Waals surface area contributed by atoms with Gasteiger partial charge in [0, 0.05) is 0 Å². The molecule has 0 radical (unpaired) electrons. The topological polar surface area (TPSA) is 44.5 Å². The van der Waals surface area contributed by atoms with E-state index in [0.717, 1.165) is 5.56 Å². The molecule has 0 spiro atoms. The average Bonchev–Trinajstić information content (AvgIpc) is 2.48. The van der Waals surface area contributed by atoms with Gasteiger partial charge in [-0.05, 0) is 40.2 Å². The van der Waals surface area contributed by atoms with Crippen molar-refractivity contribution in [3.63, 3.8) is 0 Å². The van der Waals surface area contributed by atoms with Gasteiger partial charge in [-0.2, -0.15) is 0 Å². The summed E-state index contributed by atoms with van der Waals surface area (Å²) in [5, 5.41) is 0. The molecule has 2 rings (SSSR count). The first-order valence-corrected chi connectivity index (χ1v) is 6.41. The van der Waals surface area contributed by atoms with E-state index in [2.05, 4.69) is 19.1 Å². The van der Waals surface area contributed by atoms with Crippen molar-refractivity contribution in [3.8, 4) is 0 Å². The second kappa shape index (κ2) is 4.37. The molecule has 0 amide bonds. The molecule has 1 aromatic rings. The summed E-state index contributed by atoms with van der Waals surface area (Å²) in [6, 6.07) is 8.18. The van der Waals surface area contributed by atoms with Crippen molar-refractivity contribution in [2.45, 2.75) is 51.8 Å². The number of hydrogen-bond donors (Lipinski definition) is 1. The number of rotatable bonds is 2. The zero-order chi connectivity index (χ0) is 13.6. The molecule has 1 aliphatic heterocycles. The molecule has 1 fully saturated rings. The summed E-state index contributed by atoms with van der Waals surface area (Å²) in [6.07, 6.45) is 0. The first-order chi connectivity index (χ1) is 8.23. The number of aryl methyl sites for hydroxylation is 1. The molecule has 0 saturated carbocycles. The minimum absolute atomic E-state index is 0.258. The Morgan fingerprint density at radius 3 is 1.89 bits per heavy atom. The van der Waals surface area contributed by atoms with E-state index in [1.54, 1.807) is 0 Å². The van der Waals surface area contributed by atoms with Crippen LogP contribution in [0.4, 0.5) is 0 Å². The summed E-state index contributed by atoms with van der Waals surface area (Å²) in [5.41, 5.74) is 7.84. The maximum atomic E-state index is 6.24. The van der Waals surface area contributed by atoms with Crippen LogP contribution in [0.3, 0.4) is 0 Å². The molecule has 0 bridgehead atoms. The Morgan fingerprint density at radius 2 is 1.44 bits per heavy atom. The molecule has 3 nitrogen and oxygen atoms in total. The van der Waals surface area contributed by atoms with Gasteiger partial charge in [-0.3, -0.25) is 0 Å². The highest BCUT2D eigenvalue weighted by Crippen LogP contribution is 2.39. The Bertz CT molecular complexity index is 412. The fourth-order valence-corrected chi connectivity index (χ4v) is 1.98. The third-order valence-electron chi connectivity index (χ3n) is 4.03. The highest BCUT2D eigenvalue weighted by atomic mass is 16.7. The molecule has 18 heavy (non-hydrogen) atoms. The second-order valence-electron chi connectivity index (χ2n) is 6.06. The molecule has 1 heterocycles. The first-order valence-electron chi connectivity index (χ1n) is 6.41. The second-order valence-corrected chi connectivity index (χ2v) is 6.06. The van der Waals surface area contributed by atoms with Gasteiger partial charge >= 0.3 is 7.12 Å². The highest BCUT2D eigenvalue weighted by Gasteiger charge is 2.53. The van der Waals surface area contributed by atoms with Crippen LogP contribution in [0.1, 0.15) is 44.8 Å². The number of benzene rings is 1. The molecular formula is C14H22BNO2. The minimum Gasteiger partial charge on any atom is -0.402 e. The summed E-state index contributed by atoms with van der Waals surface area (Å²) in [7, 11) is -0.391. The van der Waals surface area contributed by atoms with Gasteiger partial charge in [0.25, 0.3) is 0 Å². The average molecular weight is 247 g/mol. The maximum absolute atomic E-state index is 6.24. The number of hydrogen-bond acceptors (Lipinski definition) is 3. The van der Waals surface area contributed by atoms with Crippen LogP contribution in [0.25, 0.3) is 0 Å². The molecule has 1 atom stereocenters. The van der Waals surface area contributed by atoms with E-state index in [-0.39, 0.29) is 17.1 Å². The molecule has 0 aromatic heterocycles. The summed E-state index contributed by atoms with van der Waals surface area (Å²) in [6.45, 7) is 10.2. The van der Waals surface area contributed by atoms with E-state index in [9.17, 15) is 0 Å². The van der Waals surface area contributed by atoms with Gasteiger partial charge in [0.05, 0.1) is 17.1 Å². The zero-order valence-electron chi connectivity index (χ0n) is 11.9. The third kappa shape index (κ3) is 2.33. The summed E-state index contributed by atoms with van der Waals surface area (Å²) in [4.78, 5) is 0. The van der Waals surface area contributed by atoms with E-state index in [1.165, 1.54) is 5.56 Å². The predicted octanol–water partition coefficient (Wildman–Crippen LogP) is 2.63. The quantitative estimate of drug-likeness (QED) is 0.817. The lowest BCUT2D eigenvalue weighted by Gasteiger charge is -2.32. The Labute approximate surface area is 110 Å². The highest BCUT2D eigenvalue weighted by molar-refractivity contribution is 6.47. The van der Waals surface area contributed by atoms with E-state index >= 15 is 0 Å². The van der Waals surface area contributed by atoms with Crippen LogP contribution in [0, 0.1) is 6.92 Å². The van der Waals surface area contributed by atoms with Crippen LogP contribution >= 0.6 is 0 Å². The van der Waals surface area contributed by atoms with Gasteiger partial charge in [0.1, 0.15) is 0 Å². The molecule has 1 aliphatic rings. The van der Waals surface area contributed by atoms with Crippen molar-refractivity contribution in [3.05, 3.63) is 35.4 Å². The van der Waals surface area contributed by atoms with E-state index < -0.39 is 7.12 Å². The van der Waals surface area contributed by atoms with Gasteiger partial charge in [-0.1, -0.05) is 29.8 Å². The molecule has 0 unspecified atom stereocenters. The molecule has 4 heteroatoms. The van der Waals surface area contributed by atoms with Crippen LogP contribution in [-0.4, -0.2) is 18.3 Å². The van der Waals surface area contributed by atoms with Crippen LogP contribution in [0.15, 0.2) is 24.3 Å². The third-order valence-corrected chi connectivity index (χ3v) is 4.03. The summed E-state index contributed by atoms with van der Waals surface area (Å²) in [5.74, 6) is -0.258. The Hall–Kier alpha value is -0.835. The normalized spacial score (nSPS) is 23.1. The van der Waals surface area contributed by atoms with Crippen LogP contribution in [0.5, 0.6) is 0 Å². The Morgan fingerprint density at radius 1 is 1.00 bits per heavy atom. The van der Waals surface area contributed by atoms with Crippen LogP contribution in [-0.2, 0) is 9.31 Å². The Balaban J connectivity index is 2.17. The molecule has 98 valence electrons. The monoisotopic (exact) mass is 247 g/mol. The van der Waals surface area contributed by atoms with Crippen molar-refractivity contribution < 1.29 is 9.31 Å². The smallest absolute Gasteiger partial charge is 0.402 e. The standard InChI is InChI=1S/C14H22BNO2/c1-10-6-8-11(9-7-10)12(16)15-17-13(2,3)14(4,5)18-15/h6-9,12H,16H2,1-5H3/t12-/m0/s1. The fraction of sp³-hybridized carbons (Fsp3) is 0.571. The maximum Gasteiger partial charge on any atom is 0.480 e. The van der Waals surface area contributed by atoms with Gasteiger partial charge in [-0.25, -0.2) is 0 Å². The van der Waals surface area contributed by atoms with Gasteiger partial charge in [0.2, 0.25) is 0 Å². The van der Waals surface area contributed by atoms with Gasteiger partial charge in [-0.15, -0.1) is 0 Å². The number of nitrogens with two attached hydrogens (primary N) is 1. The van der Waals surface area contributed by atoms with Crippen molar-refractivity contribution in [2.24, 2.45) is 5.73 Å². The summed E-state index contributed by atoms with van der Waals surface area (Å²) < 4.78 is 11.9. The van der Waals surface area contributed by atoms with Crippen LogP contribution < -0.4 is 5.73 Å². The van der Waals surface area contributed by atoms with Gasteiger partial charge < -0.3 is 15.0 Å². The molecule has 1 aromatic carbocycles. The van der Waals surface area contributed by atoms with E-state index in [4.69, 9.17) is 15.0 Å². The van der Waals surface area contributed by atoms with E-state index in [0.29, 0.717) is 0 Å². The zero-order valence-corrected chi connectivity index (χ0v) is 11.9. The lowest BCUT2D eigenvalue weighted by atomic mass is 9.75. The molecular weight excluding hydrogens is 225 g/mol. The largest absolute Gasteiger partial charge is 0.480 e. The SMILES string of the molecule is Cc1ccc([C@H](N)B2OC(C)(C)C(C)(C)O2)cc1. The molecule has 0 aliphatic carbocycles. The van der Waals surface area contributed by atoms with Crippen LogP contribution in [0.2, 0.25) is 0 Å². The fourth-order valence-electron chi connectivity index (χ4n) is 1.98. The van der Waals surface area contributed by atoms with Crippen molar-refractivity contribution in [1.29, 1.82) is 0 Å². The Kier molecular flexibility index (Phi) is 3.30. The van der Waals surface area contributed by atoms with Gasteiger partial charge in [0.15, 0.2) is 0 Å². The minimum atomic E-state index is -0.391. The summed E-state index contributed by atoms with van der Waals surface area (Å²) >= 11 is 0. The van der Waals surface area contributed by atoms with Crippen molar-refractivity contribution in [1.82, 2.24) is 0 Å². The first kappa shape index (κ1) is 13.6. The van der Waals surface area contributed by atoms with E-state index in [1.807, 2.05) is 39.8 Å². The lowest BCUT2D eigenvalue weighted by molar-refractivity contribution is 0.00578. The lowest BCUT2D eigenvalue weighted by Crippen LogP contribution is -2.41.